The van der Waals surface area contributed by atoms with Crippen molar-refractivity contribution in [1.82, 2.24) is 15.5 Å². The van der Waals surface area contributed by atoms with Crippen LogP contribution in [-0.2, 0) is 19.1 Å². The first-order chi connectivity index (χ1) is 16.5. The van der Waals surface area contributed by atoms with Gasteiger partial charge in [-0.15, -0.1) is 0 Å². The lowest BCUT2D eigenvalue weighted by atomic mass is 9.80. The summed E-state index contributed by atoms with van der Waals surface area (Å²) in [5, 5.41) is 6.93. The first-order valence-corrected chi connectivity index (χ1v) is 13.5. The Bertz CT molecular complexity index is 686. The van der Waals surface area contributed by atoms with Gasteiger partial charge in [-0.25, -0.2) is 5.32 Å². The van der Waals surface area contributed by atoms with Crippen LogP contribution in [0.15, 0.2) is 0 Å². The number of ether oxygens (including phenoxy) is 2. The number of nitrogens with two attached hydrogens (primary N) is 1. The minimum atomic E-state index is -0.352. The Balaban J connectivity index is 1.37. The van der Waals surface area contributed by atoms with Gasteiger partial charge in [-0.1, -0.05) is 0 Å². The molecule has 3 saturated heterocycles. The van der Waals surface area contributed by atoms with Crippen molar-refractivity contribution in [2.75, 3.05) is 40.5 Å². The monoisotopic (exact) mass is 480 g/mol. The second-order valence-electron chi connectivity index (χ2n) is 10.8. The summed E-state index contributed by atoms with van der Waals surface area (Å²) in [6.07, 6.45) is 10.3. The quantitative estimate of drug-likeness (QED) is 0.341. The average molecular weight is 481 g/mol. The number of fused-ring (bicyclic) bond motifs is 2. The average Bonchev–Trinajstić information content (AvgIpc) is 2.86. The largest absolute Gasteiger partial charge is 0.384 e. The second-order valence-corrected chi connectivity index (χ2v) is 10.8. The van der Waals surface area contributed by atoms with E-state index in [-0.39, 0.29) is 42.1 Å². The molecule has 0 aromatic rings. The topological polar surface area (TPSA) is 110 Å². The molecule has 6 unspecified atom stereocenters. The minimum Gasteiger partial charge on any atom is -0.384 e. The molecule has 0 radical (unpaired) electrons. The lowest BCUT2D eigenvalue weighted by molar-refractivity contribution is -0.965. The van der Waals surface area contributed by atoms with Gasteiger partial charge in [0.2, 0.25) is 11.8 Å². The van der Waals surface area contributed by atoms with Crippen molar-refractivity contribution >= 4 is 11.8 Å². The Morgan fingerprint density at radius 1 is 1.21 bits per heavy atom. The molecule has 34 heavy (non-hydrogen) atoms. The van der Waals surface area contributed by atoms with Crippen LogP contribution in [0.4, 0.5) is 0 Å². The van der Waals surface area contributed by atoms with Crippen LogP contribution in [0.1, 0.15) is 64.2 Å². The number of carbonyl (C=O) groups is 2. The van der Waals surface area contributed by atoms with Crippen LogP contribution in [0, 0.1) is 17.8 Å². The highest BCUT2D eigenvalue weighted by Gasteiger charge is 2.55. The van der Waals surface area contributed by atoms with Crippen molar-refractivity contribution < 1.29 is 24.0 Å². The van der Waals surface area contributed by atoms with E-state index in [1.54, 1.807) is 14.2 Å². The zero-order valence-corrected chi connectivity index (χ0v) is 21.1. The first kappa shape index (κ1) is 25.8. The van der Waals surface area contributed by atoms with E-state index >= 15 is 0 Å². The van der Waals surface area contributed by atoms with Crippen molar-refractivity contribution in [3.05, 3.63) is 0 Å². The third-order valence-electron chi connectivity index (χ3n) is 8.78. The molecule has 9 heteroatoms. The fourth-order valence-electron chi connectivity index (χ4n) is 6.74. The third kappa shape index (κ3) is 5.75. The lowest BCUT2D eigenvalue weighted by Gasteiger charge is -2.52. The third-order valence-corrected chi connectivity index (χ3v) is 8.78. The second kappa shape index (κ2) is 12.1. The summed E-state index contributed by atoms with van der Waals surface area (Å²) in [5.41, 5.74) is 6.75. The molecule has 1 saturated carbocycles. The van der Waals surface area contributed by atoms with Gasteiger partial charge in [-0.2, -0.15) is 0 Å². The summed E-state index contributed by atoms with van der Waals surface area (Å²) in [6, 6.07) is 0. The molecule has 2 amide bonds. The van der Waals surface area contributed by atoms with Gasteiger partial charge >= 0.3 is 0 Å². The van der Waals surface area contributed by atoms with E-state index < -0.39 is 0 Å². The highest BCUT2D eigenvalue weighted by molar-refractivity contribution is 5.83. The Hall–Kier alpha value is -1.26. The number of hydrogen-bond donors (Lipinski definition) is 4. The molecular weight excluding hydrogens is 434 g/mol. The maximum Gasteiger partial charge on any atom is 0.234 e. The van der Waals surface area contributed by atoms with E-state index in [4.69, 9.17) is 15.2 Å². The SMILES string of the molecule is COCCC[NH+]1C(N)C(C(=O)NCCC2CCC(OC)CC2)CC2C(=O)N3CCCCC3NC21. The molecule has 4 fully saturated rings. The van der Waals surface area contributed by atoms with Crippen LogP contribution in [0.25, 0.3) is 0 Å². The van der Waals surface area contributed by atoms with Crippen molar-refractivity contribution in [2.45, 2.75) is 88.8 Å². The molecule has 0 spiro atoms. The normalized spacial score (nSPS) is 38.2. The van der Waals surface area contributed by atoms with Crippen LogP contribution in [0.3, 0.4) is 0 Å². The molecule has 9 nitrogen and oxygen atoms in total. The van der Waals surface area contributed by atoms with E-state index in [1.807, 2.05) is 4.90 Å². The predicted molar refractivity (Wildman–Crippen MR) is 129 cm³/mol. The number of rotatable bonds is 9. The highest BCUT2D eigenvalue weighted by atomic mass is 16.5. The number of likely N-dealkylation sites (tertiary alicyclic amines) is 1. The van der Waals surface area contributed by atoms with Gasteiger partial charge in [0, 0.05) is 33.7 Å². The van der Waals surface area contributed by atoms with Crippen molar-refractivity contribution in [3.8, 4) is 0 Å². The molecule has 4 rings (SSSR count). The van der Waals surface area contributed by atoms with E-state index in [9.17, 15) is 9.59 Å². The summed E-state index contributed by atoms with van der Waals surface area (Å²) < 4.78 is 10.7. The first-order valence-electron chi connectivity index (χ1n) is 13.5. The van der Waals surface area contributed by atoms with Crippen LogP contribution in [-0.4, -0.2) is 81.8 Å². The summed E-state index contributed by atoms with van der Waals surface area (Å²) in [4.78, 5) is 29.9. The number of carbonyl (C=O) groups excluding carboxylic acids is 2. The van der Waals surface area contributed by atoms with Gasteiger partial charge in [-0.3, -0.25) is 15.3 Å². The van der Waals surface area contributed by atoms with E-state index in [0.717, 1.165) is 75.8 Å². The lowest BCUT2D eigenvalue weighted by Crippen LogP contribution is -3.26. The van der Waals surface area contributed by atoms with E-state index in [1.165, 1.54) is 0 Å². The van der Waals surface area contributed by atoms with Gasteiger partial charge in [-0.05, 0) is 63.7 Å². The fourth-order valence-corrected chi connectivity index (χ4v) is 6.74. The molecule has 0 bridgehead atoms. The molecule has 0 aromatic heterocycles. The van der Waals surface area contributed by atoms with E-state index in [0.29, 0.717) is 31.6 Å². The van der Waals surface area contributed by atoms with Gasteiger partial charge in [0.15, 0.2) is 12.3 Å². The number of nitrogens with zero attached hydrogens (tertiary/aromatic N) is 1. The molecule has 6 atom stereocenters. The summed E-state index contributed by atoms with van der Waals surface area (Å²) in [7, 11) is 3.50. The van der Waals surface area contributed by atoms with Gasteiger partial charge in [0.05, 0.1) is 25.4 Å². The van der Waals surface area contributed by atoms with Crippen molar-refractivity contribution in [1.29, 1.82) is 0 Å². The molecule has 1 aliphatic carbocycles. The molecule has 194 valence electrons. The summed E-state index contributed by atoms with van der Waals surface area (Å²) >= 11 is 0. The maximum atomic E-state index is 13.5. The molecule has 0 aromatic carbocycles. The zero-order valence-electron chi connectivity index (χ0n) is 21.1. The van der Waals surface area contributed by atoms with Crippen LogP contribution >= 0.6 is 0 Å². The molecule has 3 heterocycles. The number of hydrogen-bond acceptors (Lipinski definition) is 6. The standard InChI is InChI=1S/C25H45N5O4/c1-33-15-5-14-30-22(26)19(24(31)27-12-11-17-7-9-18(34-2)10-8-17)16-20-23(30)28-21-6-3-4-13-29(21)25(20)32/h17-23,28H,3-16,26H2,1-2H3,(H,27,31)/p+1. The van der Waals surface area contributed by atoms with Crippen molar-refractivity contribution in [3.63, 3.8) is 0 Å². The Kier molecular flexibility index (Phi) is 9.21. The molecular formula is C25H46N5O4+. The Morgan fingerprint density at radius 2 is 2.00 bits per heavy atom. The summed E-state index contributed by atoms with van der Waals surface area (Å²) in [5.74, 6) is 0.306. The van der Waals surface area contributed by atoms with Crippen molar-refractivity contribution in [2.24, 2.45) is 23.5 Å². The zero-order chi connectivity index (χ0) is 24.1. The number of quaternary nitrogens is 1. The number of amides is 2. The molecule has 5 N–H and O–H groups in total. The fraction of sp³-hybridized carbons (Fsp3) is 0.920. The molecule has 3 aliphatic heterocycles. The smallest absolute Gasteiger partial charge is 0.234 e. The summed E-state index contributed by atoms with van der Waals surface area (Å²) in [6.45, 7) is 2.93. The van der Waals surface area contributed by atoms with Crippen LogP contribution in [0.2, 0.25) is 0 Å². The van der Waals surface area contributed by atoms with Gasteiger partial charge < -0.3 is 24.6 Å². The predicted octanol–water partition coefficient (Wildman–Crippen LogP) is -0.192. The number of methoxy groups -OCH3 is 2. The van der Waals surface area contributed by atoms with Gasteiger partial charge in [0.1, 0.15) is 11.8 Å². The maximum absolute atomic E-state index is 13.5. The number of nitrogens with one attached hydrogen (secondary N) is 3. The number of piperidine rings is 2. The minimum absolute atomic E-state index is 0.00865. The van der Waals surface area contributed by atoms with Crippen LogP contribution in [0.5, 0.6) is 0 Å². The Labute approximate surface area is 204 Å². The Morgan fingerprint density at radius 3 is 2.74 bits per heavy atom. The molecule has 4 aliphatic rings. The van der Waals surface area contributed by atoms with Gasteiger partial charge in [0.25, 0.3) is 0 Å². The highest BCUT2D eigenvalue weighted by Crippen LogP contribution is 2.30. The van der Waals surface area contributed by atoms with Crippen LogP contribution < -0.4 is 21.3 Å². The van der Waals surface area contributed by atoms with E-state index in [2.05, 4.69) is 10.6 Å².